The van der Waals surface area contributed by atoms with Crippen LogP contribution >= 0.6 is 11.6 Å². The molecule has 4 aromatic rings. The van der Waals surface area contributed by atoms with Crippen LogP contribution in [-0.4, -0.2) is 44.5 Å². The molecule has 1 heterocycles. The van der Waals surface area contributed by atoms with E-state index in [-0.39, 0.29) is 39.8 Å². The number of benzene rings is 4. The Labute approximate surface area is 300 Å². The lowest BCUT2D eigenvalue weighted by molar-refractivity contribution is -0.123. The molecule has 4 aromatic carbocycles. The summed E-state index contributed by atoms with van der Waals surface area (Å²) in [4.78, 5) is 12.0. The third kappa shape index (κ3) is 13.1. The molecule has 0 saturated carbocycles. The fourth-order valence-electron chi connectivity index (χ4n) is 5.05. The molecule has 1 fully saturated rings. The number of carbonyl (C=O) groups excluding carboxylic acids is 1. The van der Waals surface area contributed by atoms with Gasteiger partial charge < -0.3 is 30.4 Å². The summed E-state index contributed by atoms with van der Waals surface area (Å²) in [5, 5.41) is 11.8. The van der Waals surface area contributed by atoms with Crippen molar-refractivity contribution in [3.8, 4) is 28.4 Å². The summed E-state index contributed by atoms with van der Waals surface area (Å²) in [5.41, 5.74) is 6.18. The monoisotopic (exact) mass is 712 g/mol. The van der Waals surface area contributed by atoms with Gasteiger partial charge in [-0.2, -0.15) is 0 Å². The summed E-state index contributed by atoms with van der Waals surface area (Å²) in [7, 11) is 1.50. The first kappa shape index (κ1) is 42.3. The number of aldehydes is 1. The Balaban J connectivity index is 0.000000684. The normalized spacial score (nSPS) is 13.3. The van der Waals surface area contributed by atoms with E-state index in [9.17, 15) is 4.79 Å². The SMILES string of the molecule is CC.CCCOc1ccc(C=O)c(-c2c(Cl)c(F)cc(Oc3ccccc3)c2CCCNCc2ccccc2)c1F.CN.OC1CCCCO1. The number of hydrogen-bond donors (Lipinski definition) is 3. The second-order valence-electron chi connectivity index (χ2n) is 10.8. The van der Waals surface area contributed by atoms with Gasteiger partial charge in [0, 0.05) is 41.5 Å². The Morgan fingerprint density at radius 3 is 2.24 bits per heavy atom. The van der Waals surface area contributed by atoms with Crippen LogP contribution in [-0.2, 0) is 17.7 Å². The van der Waals surface area contributed by atoms with E-state index < -0.39 is 17.9 Å². The summed E-state index contributed by atoms with van der Waals surface area (Å²) in [5.74, 6) is -0.879. The van der Waals surface area contributed by atoms with Crippen molar-refractivity contribution < 1.29 is 32.9 Å². The van der Waals surface area contributed by atoms with Crippen molar-refractivity contribution in [2.24, 2.45) is 5.73 Å². The van der Waals surface area contributed by atoms with Crippen LogP contribution in [0, 0.1) is 11.6 Å². The van der Waals surface area contributed by atoms with E-state index in [1.807, 2.05) is 57.2 Å². The molecular weight excluding hydrogens is 662 g/mol. The lowest BCUT2D eigenvalue weighted by Gasteiger charge is -2.20. The van der Waals surface area contributed by atoms with Crippen molar-refractivity contribution in [3.05, 3.63) is 112 Å². The summed E-state index contributed by atoms with van der Waals surface area (Å²) in [6, 6.07) is 23.0. The largest absolute Gasteiger partial charge is 0.491 e. The quantitative estimate of drug-likeness (QED) is 0.0937. The second kappa shape index (κ2) is 24.3. The zero-order valence-corrected chi connectivity index (χ0v) is 30.3. The lowest BCUT2D eigenvalue weighted by Crippen LogP contribution is -2.17. The molecule has 0 aliphatic carbocycles. The minimum atomic E-state index is -0.778. The van der Waals surface area contributed by atoms with Crippen molar-refractivity contribution in [2.75, 3.05) is 26.8 Å². The number of hydrogen-bond acceptors (Lipinski definition) is 7. The van der Waals surface area contributed by atoms with Gasteiger partial charge in [0.25, 0.3) is 0 Å². The van der Waals surface area contributed by atoms with Crippen LogP contribution in [0.4, 0.5) is 8.78 Å². The van der Waals surface area contributed by atoms with Gasteiger partial charge in [-0.15, -0.1) is 0 Å². The standard InChI is InChI=1S/C32H30ClF2NO3.C5H10O2.C2H6.CH5N/c1-2-18-38-27-16-15-23(21-37)29(32(27)35)30-25(14-9-17-36-20-22-10-5-3-6-11-22)28(19-26(34)31(30)33)39-24-12-7-4-8-13-24;6-5-3-1-2-4-7-5;2*1-2/h3-8,10-13,15-16,19,21,36H,2,9,14,17-18,20H2,1H3;5-6H,1-4H2;1-2H3;2H2,1H3. The predicted octanol–water partition coefficient (Wildman–Crippen LogP) is 9.51. The number of carbonyl (C=O) groups is 1. The van der Waals surface area contributed by atoms with Crippen LogP contribution in [0.1, 0.15) is 74.4 Å². The highest BCUT2D eigenvalue weighted by Crippen LogP contribution is 2.44. The highest BCUT2D eigenvalue weighted by atomic mass is 35.5. The van der Waals surface area contributed by atoms with Gasteiger partial charge in [0.05, 0.1) is 11.6 Å². The summed E-state index contributed by atoms with van der Waals surface area (Å²) in [6.07, 6.45) is 4.79. The maximum atomic E-state index is 15.9. The van der Waals surface area contributed by atoms with E-state index in [0.29, 0.717) is 50.0 Å². The van der Waals surface area contributed by atoms with Crippen LogP contribution in [0.15, 0.2) is 78.9 Å². The van der Waals surface area contributed by atoms with Crippen molar-refractivity contribution in [3.63, 3.8) is 0 Å². The minimum absolute atomic E-state index is 0.0289. The Bertz CT molecular complexity index is 1540. The van der Waals surface area contributed by atoms with E-state index in [1.165, 1.54) is 25.2 Å². The summed E-state index contributed by atoms with van der Waals surface area (Å²) >= 11 is 6.52. The first-order valence-electron chi connectivity index (χ1n) is 17.2. The zero-order chi connectivity index (χ0) is 36.7. The number of aliphatic hydroxyl groups excluding tert-OH is 1. The molecule has 1 aliphatic rings. The van der Waals surface area contributed by atoms with Gasteiger partial charge in [-0.3, -0.25) is 4.79 Å². The van der Waals surface area contributed by atoms with Gasteiger partial charge in [-0.1, -0.05) is 80.9 Å². The first-order chi connectivity index (χ1) is 24.4. The first-order valence-corrected chi connectivity index (χ1v) is 17.6. The molecule has 272 valence electrons. The number of halogens is 3. The molecular formula is C40H51ClF2N2O5. The molecule has 4 N–H and O–H groups in total. The Hall–Kier alpha value is -3.86. The van der Waals surface area contributed by atoms with E-state index in [1.54, 1.807) is 24.3 Å². The van der Waals surface area contributed by atoms with E-state index >= 15 is 8.78 Å². The van der Waals surface area contributed by atoms with Gasteiger partial charge >= 0.3 is 0 Å². The van der Waals surface area contributed by atoms with Crippen LogP contribution in [0.2, 0.25) is 5.02 Å². The number of aliphatic hydroxyl groups is 1. The molecule has 0 spiro atoms. The average molecular weight is 713 g/mol. The highest BCUT2D eigenvalue weighted by Gasteiger charge is 2.26. The van der Waals surface area contributed by atoms with Crippen LogP contribution in [0.25, 0.3) is 11.1 Å². The average Bonchev–Trinajstić information content (AvgIpc) is 3.16. The Morgan fingerprint density at radius 2 is 1.66 bits per heavy atom. The van der Waals surface area contributed by atoms with Crippen molar-refractivity contribution in [2.45, 2.75) is 72.1 Å². The van der Waals surface area contributed by atoms with Crippen molar-refractivity contribution in [1.29, 1.82) is 0 Å². The fourth-order valence-corrected chi connectivity index (χ4v) is 5.31. The predicted molar refractivity (Wildman–Crippen MR) is 198 cm³/mol. The number of nitrogens with two attached hydrogens (primary N) is 1. The smallest absolute Gasteiger partial charge is 0.173 e. The molecule has 0 aromatic heterocycles. The molecule has 1 unspecified atom stereocenters. The molecule has 1 saturated heterocycles. The second-order valence-corrected chi connectivity index (χ2v) is 11.2. The molecule has 1 aliphatic heterocycles. The van der Waals surface area contributed by atoms with E-state index in [0.717, 1.165) is 31.4 Å². The maximum Gasteiger partial charge on any atom is 0.173 e. The molecule has 50 heavy (non-hydrogen) atoms. The van der Waals surface area contributed by atoms with Gasteiger partial charge in [-0.25, -0.2) is 8.78 Å². The zero-order valence-electron chi connectivity index (χ0n) is 29.5. The molecule has 7 nitrogen and oxygen atoms in total. The Morgan fingerprint density at radius 1 is 0.980 bits per heavy atom. The van der Waals surface area contributed by atoms with Crippen LogP contribution in [0.3, 0.4) is 0 Å². The van der Waals surface area contributed by atoms with Gasteiger partial charge in [-0.05, 0) is 81.9 Å². The minimum Gasteiger partial charge on any atom is -0.491 e. The molecule has 0 amide bonds. The third-order valence-corrected chi connectivity index (χ3v) is 7.71. The van der Waals surface area contributed by atoms with Crippen LogP contribution in [0.5, 0.6) is 17.2 Å². The molecule has 5 rings (SSSR count). The maximum absolute atomic E-state index is 15.9. The molecule has 10 heteroatoms. The van der Waals surface area contributed by atoms with Gasteiger partial charge in [0.15, 0.2) is 24.1 Å². The van der Waals surface area contributed by atoms with Crippen molar-refractivity contribution in [1.82, 2.24) is 5.32 Å². The summed E-state index contributed by atoms with van der Waals surface area (Å²) < 4.78 is 47.6. The number of para-hydroxylation sites is 1. The van der Waals surface area contributed by atoms with Gasteiger partial charge in [0.2, 0.25) is 0 Å². The van der Waals surface area contributed by atoms with E-state index in [4.69, 9.17) is 30.9 Å². The number of ether oxygens (including phenoxy) is 3. The number of rotatable bonds is 13. The highest BCUT2D eigenvalue weighted by molar-refractivity contribution is 6.34. The number of nitrogens with one attached hydrogen (secondary N) is 1. The van der Waals surface area contributed by atoms with E-state index in [2.05, 4.69) is 11.1 Å². The lowest BCUT2D eigenvalue weighted by atomic mass is 9.91. The third-order valence-electron chi connectivity index (χ3n) is 7.34. The summed E-state index contributed by atoms with van der Waals surface area (Å²) in [6.45, 7) is 8.25. The molecule has 0 radical (unpaired) electrons. The van der Waals surface area contributed by atoms with Gasteiger partial charge in [0.1, 0.15) is 17.3 Å². The fraction of sp³-hybridized carbons (Fsp3) is 0.375. The Kier molecular flexibility index (Phi) is 20.6. The van der Waals surface area contributed by atoms with Crippen LogP contribution < -0.4 is 20.5 Å². The molecule has 1 atom stereocenters. The topological polar surface area (TPSA) is 103 Å². The molecule has 0 bridgehead atoms. The van der Waals surface area contributed by atoms with Crippen molar-refractivity contribution >= 4 is 17.9 Å².